The Labute approximate surface area is 167 Å². The first kappa shape index (κ1) is 19.9. The Balaban J connectivity index is 1.66. The van der Waals surface area contributed by atoms with E-state index in [-0.39, 0.29) is 5.92 Å². The van der Waals surface area contributed by atoms with Crippen LogP contribution in [0, 0.1) is 11.8 Å². The average molecular weight is 420 g/mol. The van der Waals surface area contributed by atoms with Crippen molar-refractivity contribution in [3.8, 4) is 0 Å². The number of hydrogen-bond acceptors (Lipinski definition) is 1. The van der Waals surface area contributed by atoms with Crippen LogP contribution in [0.15, 0.2) is 18.2 Å². The van der Waals surface area contributed by atoms with Crippen LogP contribution in [0.4, 0.5) is 5.69 Å². The lowest BCUT2D eigenvalue weighted by Crippen LogP contribution is -2.41. The summed E-state index contributed by atoms with van der Waals surface area (Å²) < 4.78 is 0. The molecule has 0 bridgehead atoms. The zero-order valence-corrected chi connectivity index (χ0v) is 18.2. The fourth-order valence-corrected chi connectivity index (χ4v) is 5.23. The summed E-state index contributed by atoms with van der Waals surface area (Å²) in [4.78, 5) is 15.9. The lowest BCUT2D eigenvalue weighted by molar-refractivity contribution is -0.123. The van der Waals surface area contributed by atoms with Crippen molar-refractivity contribution in [3.63, 3.8) is 0 Å². The summed E-state index contributed by atoms with van der Waals surface area (Å²) in [6, 6.07) is 7.01. The van der Waals surface area contributed by atoms with Gasteiger partial charge in [0.2, 0.25) is 5.91 Å². The van der Waals surface area contributed by atoms with E-state index >= 15 is 0 Å². The summed E-state index contributed by atoms with van der Waals surface area (Å²) in [6.07, 6.45) is 10.7. The second kappa shape index (κ2) is 8.91. The second-order valence-corrected chi connectivity index (χ2v) is 10.1. The Kier molecular flexibility index (Phi) is 6.82. The van der Waals surface area contributed by atoms with Crippen LogP contribution < -0.4 is 4.90 Å². The van der Waals surface area contributed by atoms with E-state index in [4.69, 9.17) is 0 Å². The molecule has 2 aliphatic rings. The first-order valence-electron chi connectivity index (χ1n) is 10.6. The van der Waals surface area contributed by atoms with E-state index in [0.717, 1.165) is 31.6 Å². The summed E-state index contributed by atoms with van der Waals surface area (Å²) in [6.45, 7) is 6.66. The maximum absolute atomic E-state index is 13.3. The van der Waals surface area contributed by atoms with E-state index in [0.29, 0.717) is 16.8 Å². The number of anilines is 1. The Hall–Kier alpha value is -0.830. The lowest BCUT2D eigenvalue weighted by atomic mass is 9.79. The Bertz CT molecular complexity index is 619. The molecule has 1 aliphatic carbocycles. The zero-order chi connectivity index (χ0) is 18.7. The van der Waals surface area contributed by atoms with Crippen molar-refractivity contribution in [2.75, 3.05) is 4.90 Å². The van der Waals surface area contributed by atoms with Gasteiger partial charge in [0.15, 0.2) is 0 Å². The standard InChI is InChI=1S/C23H34BrNO/c1-4-5-6-18-7-10-20(11-8-18)23(26)25-17(3)14-21-15-19(13-16(2)24)9-12-22(21)25/h9,12,15-18,20H,4-8,10-11,13-14H2,1-3H3. The van der Waals surface area contributed by atoms with E-state index in [9.17, 15) is 4.79 Å². The van der Waals surface area contributed by atoms with Gasteiger partial charge in [-0.3, -0.25) is 4.79 Å². The van der Waals surface area contributed by atoms with Gasteiger partial charge in [0, 0.05) is 22.5 Å². The SMILES string of the molecule is CCCCC1CCC(C(=O)N2c3ccc(CC(C)Br)cc3CC2C)CC1. The van der Waals surface area contributed by atoms with Crippen molar-refractivity contribution in [2.24, 2.45) is 11.8 Å². The number of rotatable bonds is 6. The summed E-state index contributed by atoms with van der Waals surface area (Å²) in [7, 11) is 0. The number of carbonyl (C=O) groups excluding carboxylic acids is 1. The molecule has 1 aromatic carbocycles. The highest BCUT2D eigenvalue weighted by Gasteiger charge is 2.36. The van der Waals surface area contributed by atoms with Crippen molar-refractivity contribution in [1.82, 2.24) is 0 Å². The van der Waals surface area contributed by atoms with Gasteiger partial charge >= 0.3 is 0 Å². The molecular formula is C23H34BrNO. The molecule has 1 aliphatic heterocycles. The smallest absolute Gasteiger partial charge is 0.230 e. The van der Waals surface area contributed by atoms with E-state index in [2.05, 4.69) is 59.8 Å². The number of nitrogens with zero attached hydrogens (tertiary/aromatic N) is 1. The maximum atomic E-state index is 13.3. The van der Waals surface area contributed by atoms with Gasteiger partial charge in [-0.1, -0.05) is 61.2 Å². The Morgan fingerprint density at radius 3 is 2.65 bits per heavy atom. The molecule has 1 fully saturated rings. The van der Waals surface area contributed by atoms with Crippen LogP contribution in [-0.2, 0) is 17.6 Å². The van der Waals surface area contributed by atoms with Crippen LogP contribution in [0.25, 0.3) is 0 Å². The summed E-state index contributed by atoms with van der Waals surface area (Å²) in [5, 5.41) is 0. The molecule has 3 heteroatoms. The molecule has 26 heavy (non-hydrogen) atoms. The number of carbonyl (C=O) groups is 1. The molecular weight excluding hydrogens is 386 g/mol. The minimum Gasteiger partial charge on any atom is -0.309 e. The first-order valence-corrected chi connectivity index (χ1v) is 11.5. The number of unbranched alkanes of at least 4 members (excludes halogenated alkanes) is 1. The Morgan fingerprint density at radius 2 is 2.00 bits per heavy atom. The molecule has 1 saturated carbocycles. The van der Waals surface area contributed by atoms with Gasteiger partial charge in [0.05, 0.1) is 0 Å². The third-order valence-electron chi connectivity index (χ3n) is 6.28. The summed E-state index contributed by atoms with van der Waals surface area (Å²) in [5.41, 5.74) is 3.89. The zero-order valence-electron chi connectivity index (χ0n) is 16.6. The molecule has 0 N–H and O–H groups in total. The largest absolute Gasteiger partial charge is 0.309 e. The first-order chi connectivity index (χ1) is 12.5. The van der Waals surface area contributed by atoms with Crippen molar-refractivity contribution in [2.45, 2.75) is 89.4 Å². The van der Waals surface area contributed by atoms with E-state index in [1.54, 1.807) is 0 Å². The van der Waals surface area contributed by atoms with Crippen LogP contribution in [0.5, 0.6) is 0 Å². The molecule has 2 unspecified atom stereocenters. The maximum Gasteiger partial charge on any atom is 0.230 e. The molecule has 0 saturated heterocycles. The van der Waals surface area contributed by atoms with Crippen molar-refractivity contribution < 1.29 is 4.79 Å². The van der Waals surface area contributed by atoms with Gasteiger partial charge in [0.25, 0.3) is 0 Å². The van der Waals surface area contributed by atoms with E-state index < -0.39 is 0 Å². The molecule has 0 radical (unpaired) electrons. The number of halogens is 1. The van der Waals surface area contributed by atoms with Crippen molar-refractivity contribution in [1.29, 1.82) is 0 Å². The van der Waals surface area contributed by atoms with Gasteiger partial charge in [-0.05, 0) is 68.6 Å². The summed E-state index contributed by atoms with van der Waals surface area (Å²) >= 11 is 3.65. The molecule has 1 aromatic rings. The van der Waals surface area contributed by atoms with Crippen molar-refractivity contribution in [3.05, 3.63) is 29.3 Å². The number of amides is 1. The van der Waals surface area contributed by atoms with E-state index in [1.165, 1.54) is 48.9 Å². The third kappa shape index (κ3) is 4.52. The third-order valence-corrected chi connectivity index (χ3v) is 6.60. The summed E-state index contributed by atoms with van der Waals surface area (Å²) in [5.74, 6) is 1.48. The lowest BCUT2D eigenvalue weighted by Gasteiger charge is -2.32. The van der Waals surface area contributed by atoms with Gasteiger partial charge in [-0.2, -0.15) is 0 Å². The van der Waals surface area contributed by atoms with E-state index in [1.807, 2.05) is 0 Å². The minimum atomic E-state index is 0.239. The van der Waals surface area contributed by atoms with Crippen LogP contribution >= 0.6 is 15.9 Å². The topological polar surface area (TPSA) is 20.3 Å². The highest BCUT2D eigenvalue weighted by molar-refractivity contribution is 9.09. The van der Waals surface area contributed by atoms with Gasteiger partial charge < -0.3 is 4.90 Å². The average Bonchev–Trinajstić information content (AvgIpc) is 2.94. The fraction of sp³-hybridized carbons (Fsp3) is 0.696. The number of alkyl halides is 1. The number of hydrogen-bond donors (Lipinski definition) is 0. The highest BCUT2D eigenvalue weighted by atomic mass is 79.9. The molecule has 1 amide bonds. The predicted octanol–water partition coefficient (Wildman–Crippen LogP) is 6.29. The molecule has 2 nitrogen and oxygen atoms in total. The molecule has 1 heterocycles. The van der Waals surface area contributed by atoms with Crippen LogP contribution in [0.2, 0.25) is 0 Å². The fourth-order valence-electron chi connectivity index (χ4n) is 4.86. The van der Waals surface area contributed by atoms with Gasteiger partial charge in [-0.25, -0.2) is 0 Å². The molecule has 0 spiro atoms. The van der Waals surface area contributed by atoms with Crippen LogP contribution in [0.3, 0.4) is 0 Å². The van der Waals surface area contributed by atoms with Crippen LogP contribution in [0.1, 0.15) is 76.8 Å². The molecule has 0 aromatic heterocycles. The number of fused-ring (bicyclic) bond motifs is 1. The monoisotopic (exact) mass is 419 g/mol. The molecule has 3 rings (SSSR count). The quantitative estimate of drug-likeness (QED) is 0.496. The van der Waals surface area contributed by atoms with Crippen LogP contribution in [-0.4, -0.2) is 16.8 Å². The highest BCUT2D eigenvalue weighted by Crippen LogP contribution is 2.38. The second-order valence-electron chi connectivity index (χ2n) is 8.57. The Morgan fingerprint density at radius 1 is 1.27 bits per heavy atom. The normalized spacial score (nSPS) is 26.6. The van der Waals surface area contributed by atoms with Crippen molar-refractivity contribution >= 4 is 27.5 Å². The van der Waals surface area contributed by atoms with Gasteiger partial charge in [-0.15, -0.1) is 0 Å². The van der Waals surface area contributed by atoms with Gasteiger partial charge in [0.1, 0.15) is 0 Å². The number of benzene rings is 1. The predicted molar refractivity (Wildman–Crippen MR) is 114 cm³/mol. The molecule has 144 valence electrons. The minimum absolute atomic E-state index is 0.239. The molecule has 2 atom stereocenters.